The largest absolute Gasteiger partial charge is 0.339 e. The molecule has 164 valence electrons. The summed E-state index contributed by atoms with van der Waals surface area (Å²) < 4.78 is 5.43. The molecule has 2 heterocycles. The Kier molecular flexibility index (Phi) is 5.47. The van der Waals surface area contributed by atoms with Crippen LogP contribution in [0.4, 0.5) is 11.4 Å². The molecule has 1 aromatic heterocycles. The van der Waals surface area contributed by atoms with Crippen molar-refractivity contribution in [3.63, 3.8) is 0 Å². The second-order valence-electron chi connectivity index (χ2n) is 8.58. The van der Waals surface area contributed by atoms with Crippen molar-refractivity contribution in [2.45, 2.75) is 44.9 Å². The van der Waals surface area contributed by atoms with Crippen LogP contribution >= 0.6 is 0 Å². The van der Waals surface area contributed by atoms with Gasteiger partial charge >= 0.3 is 0 Å². The average Bonchev–Trinajstić information content (AvgIpc) is 3.40. The number of rotatable bonds is 6. The number of nitrogens with one attached hydrogen (secondary N) is 1. The molecule has 7 heteroatoms. The van der Waals surface area contributed by atoms with Crippen LogP contribution in [0.5, 0.6) is 0 Å². The molecule has 32 heavy (non-hydrogen) atoms. The van der Waals surface area contributed by atoms with Gasteiger partial charge in [-0.25, -0.2) is 0 Å². The average molecular weight is 431 g/mol. The SMILES string of the molecule is CCc1ccc(NC(=O)[C@H]2CC(=O)N(c3cccc(-c4noc(C5CCC5)n4)c3)C2)cc1. The number of hydrogen-bond acceptors (Lipinski definition) is 5. The number of benzene rings is 2. The molecule has 1 saturated carbocycles. The van der Waals surface area contributed by atoms with Crippen LogP contribution in [0, 0.1) is 5.92 Å². The summed E-state index contributed by atoms with van der Waals surface area (Å²) in [6.07, 6.45) is 4.53. The van der Waals surface area contributed by atoms with Crippen LogP contribution in [0.1, 0.15) is 50.0 Å². The van der Waals surface area contributed by atoms with Gasteiger partial charge in [0.2, 0.25) is 23.5 Å². The van der Waals surface area contributed by atoms with E-state index in [1.807, 2.05) is 48.5 Å². The molecule has 0 spiro atoms. The van der Waals surface area contributed by atoms with Crippen molar-refractivity contribution in [2.75, 3.05) is 16.8 Å². The number of carbonyl (C=O) groups excluding carboxylic acids is 2. The molecule has 1 aliphatic heterocycles. The summed E-state index contributed by atoms with van der Waals surface area (Å²) in [4.78, 5) is 31.7. The van der Waals surface area contributed by atoms with Crippen molar-refractivity contribution in [1.82, 2.24) is 10.1 Å². The van der Waals surface area contributed by atoms with Crippen LogP contribution in [0.15, 0.2) is 53.1 Å². The first-order valence-electron chi connectivity index (χ1n) is 11.2. The van der Waals surface area contributed by atoms with Gasteiger partial charge in [-0.05, 0) is 49.1 Å². The zero-order valence-corrected chi connectivity index (χ0v) is 18.1. The fourth-order valence-corrected chi connectivity index (χ4v) is 4.19. The minimum atomic E-state index is -0.396. The lowest BCUT2D eigenvalue weighted by atomic mass is 9.85. The van der Waals surface area contributed by atoms with Crippen LogP contribution in [-0.4, -0.2) is 28.5 Å². The van der Waals surface area contributed by atoms with E-state index in [4.69, 9.17) is 4.52 Å². The number of aryl methyl sites for hydroxylation is 1. The van der Waals surface area contributed by atoms with Crippen molar-refractivity contribution in [2.24, 2.45) is 5.92 Å². The summed E-state index contributed by atoms with van der Waals surface area (Å²) in [5, 5.41) is 7.06. The Labute approximate surface area is 186 Å². The third kappa shape index (κ3) is 4.02. The smallest absolute Gasteiger partial charge is 0.230 e. The molecule has 0 unspecified atom stereocenters. The Morgan fingerprint density at radius 3 is 2.72 bits per heavy atom. The van der Waals surface area contributed by atoms with E-state index in [0.29, 0.717) is 24.2 Å². The second-order valence-corrected chi connectivity index (χ2v) is 8.58. The Balaban J connectivity index is 1.28. The number of hydrogen-bond donors (Lipinski definition) is 1. The van der Waals surface area contributed by atoms with E-state index < -0.39 is 5.92 Å². The number of carbonyl (C=O) groups is 2. The van der Waals surface area contributed by atoms with Gasteiger partial charge in [0, 0.05) is 35.8 Å². The highest BCUT2D eigenvalue weighted by atomic mass is 16.5. The number of amides is 2. The van der Waals surface area contributed by atoms with Gasteiger partial charge in [-0.15, -0.1) is 0 Å². The van der Waals surface area contributed by atoms with Crippen LogP contribution in [-0.2, 0) is 16.0 Å². The predicted molar refractivity (Wildman–Crippen MR) is 121 cm³/mol. The number of anilines is 2. The molecule has 2 aliphatic rings. The van der Waals surface area contributed by atoms with Crippen LogP contribution in [0.2, 0.25) is 0 Å². The minimum Gasteiger partial charge on any atom is -0.339 e. The van der Waals surface area contributed by atoms with E-state index >= 15 is 0 Å². The zero-order chi connectivity index (χ0) is 22.1. The van der Waals surface area contributed by atoms with Crippen molar-refractivity contribution in [3.05, 3.63) is 60.0 Å². The molecule has 7 nitrogen and oxygen atoms in total. The van der Waals surface area contributed by atoms with Crippen LogP contribution in [0.3, 0.4) is 0 Å². The third-order valence-electron chi connectivity index (χ3n) is 6.44. The van der Waals surface area contributed by atoms with Gasteiger partial charge in [0.1, 0.15) is 0 Å². The molecule has 1 N–H and O–H groups in total. The van der Waals surface area contributed by atoms with Gasteiger partial charge in [0.05, 0.1) is 5.92 Å². The fourth-order valence-electron chi connectivity index (χ4n) is 4.19. The quantitative estimate of drug-likeness (QED) is 0.619. The first-order valence-corrected chi connectivity index (χ1v) is 11.2. The molecule has 1 atom stereocenters. The fraction of sp³-hybridized carbons (Fsp3) is 0.360. The summed E-state index contributed by atoms with van der Waals surface area (Å²) in [5.74, 6) is 1.00. The lowest BCUT2D eigenvalue weighted by molar-refractivity contribution is -0.122. The lowest BCUT2D eigenvalue weighted by Gasteiger charge is -2.20. The monoisotopic (exact) mass is 430 g/mol. The van der Waals surface area contributed by atoms with Crippen LogP contribution < -0.4 is 10.2 Å². The maximum Gasteiger partial charge on any atom is 0.230 e. The van der Waals surface area contributed by atoms with Gasteiger partial charge in [0.15, 0.2) is 0 Å². The molecule has 0 bridgehead atoms. The van der Waals surface area contributed by atoms with E-state index in [1.54, 1.807) is 4.90 Å². The molecular formula is C25H26N4O3. The predicted octanol–water partition coefficient (Wildman–Crippen LogP) is 4.56. The van der Waals surface area contributed by atoms with Crippen molar-refractivity contribution in [3.8, 4) is 11.4 Å². The summed E-state index contributed by atoms with van der Waals surface area (Å²) in [7, 11) is 0. The highest BCUT2D eigenvalue weighted by molar-refractivity contribution is 6.03. The highest BCUT2D eigenvalue weighted by Crippen LogP contribution is 2.36. The molecule has 2 amide bonds. The van der Waals surface area contributed by atoms with E-state index in [1.165, 1.54) is 12.0 Å². The molecule has 3 aromatic rings. The maximum atomic E-state index is 12.8. The van der Waals surface area contributed by atoms with Gasteiger partial charge in [-0.3, -0.25) is 9.59 Å². The van der Waals surface area contributed by atoms with Crippen molar-refractivity contribution < 1.29 is 14.1 Å². The van der Waals surface area contributed by atoms with E-state index in [0.717, 1.165) is 36.2 Å². The highest BCUT2D eigenvalue weighted by Gasteiger charge is 2.35. The van der Waals surface area contributed by atoms with Gasteiger partial charge < -0.3 is 14.7 Å². The van der Waals surface area contributed by atoms with E-state index in [2.05, 4.69) is 22.4 Å². The number of aromatic nitrogens is 2. The standard InChI is InChI=1S/C25H26N4O3/c1-2-16-9-11-20(12-10-16)26-24(31)19-14-22(30)29(15-19)21-8-4-7-18(13-21)23-27-25(32-28-23)17-5-3-6-17/h4,7-13,17,19H,2-3,5-6,14-15H2,1H3,(H,26,31)/t19-/m0/s1. The first-order chi connectivity index (χ1) is 15.6. The molecule has 2 fully saturated rings. The van der Waals surface area contributed by atoms with Crippen LogP contribution in [0.25, 0.3) is 11.4 Å². The summed E-state index contributed by atoms with van der Waals surface area (Å²) >= 11 is 0. The summed E-state index contributed by atoms with van der Waals surface area (Å²) in [6.45, 7) is 2.44. The van der Waals surface area contributed by atoms with Crippen molar-refractivity contribution in [1.29, 1.82) is 0 Å². The van der Waals surface area contributed by atoms with E-state index in [9.17, 15) is 9.59 Å². The molecule has 5 rings (SSSR count). The molecule has 1 aliphatic carbocycles. The van der Waals surface area contributed by atoms with E-state index in [-0.39, 0.29) is 18.2 Å². The number of nitrogens with zero attached hydrogens (tertiary/aromatic N) is 3. The molecule has 2 aromatic carbocycles. The Morgan fingerprint density at radius 1 is 1.19 bits per heavy atom. The third-order valence-corrected chi connectivity index (χ3v) is 6.44. The van der Waals surface area contributed by atoms with Crippen molar-refractivity contribution >= 4 is 23.2 Å². The molecular weight excluding hydrogens is 404 g/mol. The Morgan fingerprint density at radius 2 is 2.00 bits per heavy atom. The summed E-state index contributed by atoms with van der Waals surface area (Å²) in [5.41, 5.74) is 3.50. The van der Waals surface area contributed by atoms with Gasteiger partial charge in [0.25, 0.3) is 0 Å². The topological polar surface area (TPSA) is 88.3 Å². The second kappa shape index (κ2) is 8.57. The molecule has 0 radical (unpaired) electrons. The minimum absolute atomic E-state index is 0.0631. The Bertz CT molecular complexity index is 1130. The lowest BCUT2D eigenvalue weighted by Crippen LogP contribution is -2.28. The maximum absolute atomic E-state index is 12.8. The summed E-state index contributed by atoms with van der Waals surface area (Å²) in [6, 6.07) is 15.3. The Hall–Kier alpha value is -3.48. The molecule has 1 saturated heterocycles. The zero-order valence-electron chi connectivity index (χ0n) is 18.1. The normalized spacial score (nSPS) is 18.6. The van der Waals surface area contributed by atoms with Gasteiger partial charge in [-0.2, -0.15) is 4.98 Å². The van der Waals surface area contributed by atoms with Gasteiger partial charge in [-0.1, -0.05) is 42.8 Å². The first kappa shape index (κ1) is 20.4.